The molecule has 0 amide bonds. The average molecular weight is 286 g/mol. The number of rotatable bonds is 11. The van der Waals surface area contributed by atoms with Crippen LogP contribution in [0.1, 0.15) is 86.0 Å². The Kier molecular flexibility index (Phi) is 10.8. The van der Waals surface area contributed by atoms with Crippen LogP contribution in [0.3, 0.4) is 0 Å². The van der Waals surface area contributed by atoms with Gasteiger partial charge in [0.05, 0.1) is 19.1 Å². The molecule has 0 aromatic heterocycles. The van der Waals surface area contributed by atoms with Crippen LogP contribution in [0.5, 0.6) is 0 Å². The molecule has 1 atom stereocenters. The molecule has 0 N–H and O–H groups in total. The van der Waals surface area contributed by atoms with Crippen molar-refractivity contribution in [1.82, 2.24) is 0 Å². The van der Waals surface area contributed by atoms with Gasteiger partial charge in [-0.1, -0.05) is 45.4 Å². The fourth-order valence-electron chi connectivity index (χ4n) is 2.03. The van der Waals surface area contributed by atoms with Gasteiger partial charge in [-0.2, -0.15) is 0 Å². The van der Waals surface area contributed by atoms with Gasteiger partial charge in [-0.3, -0.25) is 4.79 Å². The quantitative estimate of drug-likeness (QED) is 0.401. The first-order valence-electron chi connectivity index (χ1n) is 8.18. The van der Waals surface area contributed by atoms with Crippen LogP contribution < -0.4 is 0 Å². The molecule has 0 bridgehead atoms. The van der Waals surface area contributed by atoms with Crippen LogP contribution in [0.4, 0.5) is 0 Å². The van der Waals surface area contributed by atoms with Crippen LogP contribution in [-0.4, -0.2) is 24.3 Å². The summed E-state index contributed by atoms with van der Waals surface area (Å²) in [4.78, 5) is 11.5. The second-order valence-electron chi connectivity index (χ2n) is 6.57. The molecule has 0 aliphatic rings. The lowest BCUT2D eigenvalue weighted by molar-refractivity contribution is -0.156. The molecule has 0 aliphatic carbocycles. The van der Waals surface area contributed by atoms with Crippen LogP contribution in [-0.2, 0) is 14.3 Å². The maximum Gasteiger partial charge on any atom is 0.308 e. The molecule has 120 valence electrons. The van der Waals surface area contributed by atoms with Crippen LogP contribution in [0, 0.1) is 0 Å². The summed E-state index contributed by atoms with van der Waals surface area (Å²) in [6, 6.07) is 0. The number of carbonyl (C=O) groups excluding carboxylic acids is 1. The molecule has 0 saturated carbocycles. The summed E-state index contributed by atoms with van der Waals surface area (Å²) in [5.41, 5.74) is -0.402. The van der Waals surface area contributed by atoms with Crippen molar-refractivity contribution in [3.8, 4) is 0 Å². The van der Waals surface area contributed by atoms with Gasteiger partial charge in [0.15, 0.2) is 0 Å². The Balaban J connectivity index is 3.44. The van der Waals surface area contributed by atoms with E-state index in [0.717, 1.165) is 6.42 Å². The third-order valence-corrected chi connectivity index (χ3v) is 3.09. The predicted molar refractivity (Wildman–Crippen MR) is 83.9 cm³/mol. The summed E-state index contributed by atoms with van der Waals surface area (Å²) in [7, 11) is 0. The molecule has 3 heteroatoms. The van der Waals surface area contributed by atoms with Gasteiger partial charge >= 0.3 is 5.97 Å². The number of ether oxygens (including phenoxy) is 2. The van der Waals surface area contributed by atoms with Crippen molar-refractivity contribution in [3.63, 3.8) is 0 Å². The van der Waals surface area contributed by atoms with Crippen molar-refractivity contribution in [3.05, 3.63) is 0 Å². The van der Waals surface area contributed by atoms with E-state index >= 15 is 0 Å². The highest BCUT2D eigenvalue weighted by molar-refractivity contribution is 5.69. The van der Waals surface area contributed by atoms with Crippen LogP contribution >= 0.6 is 0 Å². The summed E-state index contributed by atoms with van der Waals surface area (Å²) < 4.78 is 10.9. The normalized spacial score (nSPS) is 13.2. The van der Waals surface area contributed by atoms with Gasteiger partial charge < -0.3 is 9.47 Å². The Bertz CT molecular complexity index is 243. The second-order valence-corrected chi connectivity index (χ2v) is 6.57. The zero-order valence-electron chi connectivity index (χ0n) is 14.2. The number of unbranched alkanes of at least 4 members (excludes halogenated alkanes) is 5. The Labute approximate surface area is 125 Å². The van der Waals surface area contributed by atoms with Crippen molar-refractivity contribution in [2.24, 2.45) is 0 Å². The summed E-state index contributed by atoms with van der Waals surface area (Å²) >= 11 is 0. The highest BCUT2D eigenvalue weighted by Crippen LogP contribution is 2.11. The van der Waals surface area contributed by atoms with Gasteiger partial charge in [0.2, 0.25) is 0 Å². The average Bonchev–Trinajstić information content (AvgIpc) is 2.31. The first-order chi connectivity index (χ1) is 9.35. The molecule has 0 fully saturated rings. The first-order valence-corrected chi connectivity index (χ1v) is 8.18. The van der Waals surface area contributed by atoms with Crippen molar-refractivity contribution in [1.29, 1.82) is 0 Å². The molecule has 0 aliphatic heterocycles. The maximum absolute atomic E-state index is 11.5. The first kappa shape index (κ1) is 19.4. The van der Waals surface area contributed by atoms with Gasteiger partial charge in [-0.25, -0.2) is 0 Å². The number of esters is 1. The SMILES string of the molecule is CCCCCCCCC(C)OCCC(=O)OC(C)(C)C. The molecule has 0 saturated heterocycles. The number of hydrogen-bond acceptors (Lipinski definition) is 3. The molecule has 3 nitrogen and oxygen atoms in total. The molecule has 0 spiro atoms. The van der Waals surface area contributed by atoms with E-state index in [9.17, 15) is 4.79 Å². The zero-order chi connectivity index (χ0) is 15.4. The van der Waals surface area contributed by atoms with Crippen LogP contribution in [0.25, 0.3) is 0 Å². The van der Waals surface area contributed by atoms with Crippen molar-refractivity contribution in [2.45, 2.75) is 97.7 Å². The van der Waals surface area contributed by atoms with Crippen molar-refractivity contribution in [2.75, 3.05) is 6.61 Å². The third kappa shape index (κ3) is 13.9. The van der Waals surface area contributed by atoms with Crippen molar-refractivity contribution >= 4 is 5.97 Å². The smallest absolute Gasteiger partial charge is 0.308 e. The molecule has 0 rings (SSSR count). The Morgan fingerprint density at radius 2 is 1.65 bits per heavy atom. The topological polar surface area (TPSA) is 35.5 Å². The summed E-state index contributed by atoms with van der Waals surface area (Å²) in [5, 5.41) is 0. The zero-order valence-corrected chi connectivity index (χ0v) is 14.2. The molecular weight excluding hydrogens is 252 g/mol. The Hall–Kier alpha value is -0.570. The monoisotopic (exact) mass is 286 g/mol. The summed E-state index contributed by atoms with van der Waals surface area (Å²) in [6.07, 6.45) is 9.51. The van der Waals surface area contributed by atoms with Gasteiger partial charge in [-0.15, -0.1) is 0 Å². The van der Waals surface area contributed by atoms with E-state index in [4.69, 9.17) is 9.47 Å². The van der Waals surface area contributed by atoms with Gasteiger partial charge in [-0.05, 0) is 34.1 Å². The van der Waals surface area contributed by atoms with Crippen LogP contribution in [0.15, 0.2) is 0 Å². The summed E-state index contributed by atoms with van der Waals surface area (Å²) in [6.45, 7) is 10.4. The standard InChI is InChI=1S/C17H34O3/c1-6-7-8-9-10-11-12-15(2)19-14-13-16(18)20-17(3,4)5/h15H,6-14H2,1-5H3. The predicted octanol–water partition coefficient (Wildman–Crippen LogP) is 4.87. The fourth-order valence-corrected chi connectivity index (χ4v) is 2.03. The van der Waals surface area contributed by atoms with E-state index in [1.165, 1.54) is 38.5 Å². The number of carbonyl (C=O) groups is 1. The highest BCUT2D eigenvalue weighted by atomic mass is 16.6. The maximum atomic E-state index is 11.5. The van der Waals surface area contributed by atoms with E-state index < -0.39 is 5.60 Å². The minimum Gasteiger partial charge on any atom is -0.460 e. The summed E-state index contributed by atoms with van der Waals surface area (Å²) in [5.74, 6) is -0.177. The lowest BCUT2D eigenvalue weighted by atomic mass is 10.1. The molecule has 1 unspecified atom stereocenters. The highest BCUT2D eigenvalue weighted by Gasteiger charge is 2.16. The van der Waals surface area contributed by atoms with E-state index in [1.54, 1.807) is 0 Å². The van der Waals surface area contributed by atoms with E-state index in [1.807, 2.05) is 20.8 Å². The fraction of sp³-hybridized carbons (Fsp3) is 0.941. The lowest BCUT2D eigenvalue weighted by Crippen LogP contribution is -2.25. The second kappa shape index (κ2) is 11.1. The Morgan fingerprint density at radius 3 is 2.25 bits per heavy atom. The van der Waals surface area contributed by atoms with E-state index in [2.05, 4.69) is 13.8 Å². The molecule has 20 heavy (non-hydrogen) atoms. The van der Waals surface area contributed by atoms with E-state index in [-0.39, 0.29) is 12.1 Å². The third-order valence-electron chi connectivity index (χ3n) is 3.09. The van der Waals surface area contributed by atoms with Crippen LogP contribution in [0.2, 0.25) is 0 Å². The molecular formula is C17H34O3. The van der Waals surface area contributed by atoms with Gasteiger partial charge in [0.25, 0.3) is 0 Å². The minimum absolute atomic E-state index is 0.177. The molecule has 0 aromatic carbocycles. The van der Waals surface area contributed by atoms with Gasteiger partial charge in [0.1, 0.15) is 5.60 Å². The molecule has 0 aromatic rings. The van der Waals surface area contributed by atoms with E-state index in [0.29, 0.717) is 13.0 Å². The largest absolute Gasteiger partial charge is 0.460 e. The van der Waals surface area contributed by atoms with Crippen molar-refractivity contribution < 1.29 is 14.3 Å². The van der Waals surface area contributed by atoms with Gasteiger partial charge in [0, 0.05) is 0 Å². The molecule has 0 radical (unpaired) electrons. The molecule has 0 heterocycles. The minimum atomic E-state index is -0.402. The Morgan fingerprint density at radius 1 is 1.05 bits per heavy atom. The lowest BCUT2D eigenvalue weighted by Gasteiger charge is -2.20. The number of hydrogen-bond donors (Lipinski definition) is 0.